The molecule has 8 nitrogen and oxygen atoms in total. The number of nitrogens with two attached hydrogens (primary N) is 1. The van der Waals surface area contributed by atoms with E-state index in [0.29, 0.717) is 12.4 Å². The van der Waals surface area contributed by atoms with E-state index in [1.165, 1.54) is 12.1 Å². The van der Waals surface area contributed by atoms with E-state index in [1.54, 1.807) is 0 Å². The SMILES string of the molecule is Nc1nc(N2CCCC2CC(=O)O)ccc1[N+](=O)[O-]. The molecule has 8 heteroatoms. The monoisotopic (exact) mass is 266 g/mol. The molecule has 3 N–H and O–H groups in total. The van der Waals surface area contributed by atoms with Crippen LogP contribution in [0.1, 0.15) is 19.3 Å². The number of hydrogen-bond acceptors (Lipinski definition) is 6. The van der Waals surface area contributed by atoms with Crippen molar-refractivity contribution < 1.29 is 14.8 Å². The Bertz CT molecular complexity index is 519. The topological polar surface area (TPSA) is 123 Å². The number of rotatable bonds is 4. The maximum absolute atomic E-state index is 10.8. The molecule has 102 valence electrons. The molecule has 0 spiro atoms. The number of nitrogen functional groups attached to an aromatic ring is 1. The number of carboxylic acids is 1. The van der Waals surface area contributed by atoms with Crippen LogP contribution in [-0.4, -0.2) is 33.6 Å². The van der Waals surface area contributed by atoms with Crippen molar-refractivity contribution in [1.29, 1.82) is 0 Å². The zero-order valence-electron chi connectivity index (χ0n) is 10.2. The third-order valence-corrected chi connectivity index (χ3v) is 3.17. The Balaban J connectivity index is 2.24. The van der Waals surface area contributed by atoms with Crippen molar-refractivity contribution in [3.63, 3.8) is 0 Å². The first-order valence-corrected chi connectivity index (χ1v) is 5.88. The Hall–Kier alpha value is -2.38. The van der Waals surface area contributed by atoms with Crippen LogP contribution in [0.5, 0.6) is 0 Å². The van der Waals surface area contributed by atoms with E-state index in [1.807, 2.05) is 4.90 Å². The van der Waals surface area contributed by atoms with Crippen molar-refractivity contribution in [3.8, 4) is 0 Å². The lowest BCUT2D eigenvalue weighted by atomic mass is 10.1. The summed E-state index contributed by atoms with van der Waals surface area (Å²) in [6, 6.07) is 2.67. The van der Waals surface area contributed by atoms with Gasteiger partial charge in [-0.15, -0.1) is 0 Å². The second kappa shape index (κ2) is 5.09. The van der Waals surface area contributed by atoms with Gasteiger partial charge in [-0.2, -0.15) is 0 Å². The number of anilines is 2. The second-order valence-corrected chi connectivity index (χ2v) is 4.42. The minimum atomic E-state index is -0.869. The fourth-order valence-corrected chi connectivity index (χ4v) is 2.32. The standard InChI is InChI=1S/C11H14N4O4/c12-11-8(15(18)19)3-4-9(13-11)14-5-1-2-7(14)6-10(16)17/h3-4,7H,1-2,5-6H2,(H2,12,13)(H,16,17). The number of pyridine rings is 1. The molecule has 0 aliphatic carbocycles. The molecule has 2 rings (SSSR count). The molecule has 1 saturated heterocycles. The summed E-state index contributed by atoms with van der Waals surface area (Å²) in [7, 11) is 0. The summed E-state index contributed by atoms with van der Waals surface area (Å²) >= 11 is 0. The van der Waals surface area contributed by atoms with Crippen LogP contribution in [0, 0.1) is 10.1 Å². The molecule has 19 heavy (non-hydrogen) atoms. The van der Waals surface area contributed by atoms with Gasteiger partial charge in [-0.05, 0) is 18.9 Å². The third kappa shape index (κ3) is 2.72. The van der Waals surface area contributed by atoms with Crippen molar-refractivity contribution in [2.24, 2.45) is 0 Å². The molecule has 1 aliphatic heterocycles. The number of nitrogens with zero attached hydrogens (tertiary/aromatic N) is 3. The Kier molecular flexibility index (Phi) is 3.50. The van der Waals surface area contributed by atoms with Crippen molar-refractivity contribution >= 4 is 23.3 Å². The largest absolute Gasteiger partial charge is 0.481 e. The lowest BCUT2D eigenvalue weighted by Crippen LogP contribution is -2.32. The van der Waals surface area contributed by atoms with Gasteiger partial charge in [0.25, 0.3) is 0 Å². The summed E-state index contributed by atoms with van der Waals surface area (Å²) in [5, 5.41) is 19.5. The van der Waals surface area contributed by atoms with Crippen LogP contribution in [0.4, 0.5) is 17.3 Å². The van der Waals surface area contributed by atoms with Crippen LogP contribution in [0.25, 0.3) is 0 Å². The maximum Gasteiger partial charge on any atom is 0.311 e. The van der Waals surface area contributed by atoms with Crippen LogP contribution >= 0.6 is 0 Å². The van der Waals surface area contributed by atoms with Crippen LogP contribution in [-0.2, 0) is 4.79 Å². The predicted octanol–water partition coefficient (Wildman–Crippen LogP) is 1.02. The summed E-state index contributed by atoms with van der Waals surface area (Å²) in [4.78, 5) is 26.7. The zero-order chi connectivity index (χ0) is 14.0. The van der Waals surface area contributed by atoms with Gasteiger partial charge in [0.2, 0.25) is 5.82 Å². The molecule has 0 aromatic carbocycles. The van der Waals surface area contributed by atoms with E-state index >= 15 is 0 Å². The summed E-state index contributed by atoms with van der Waals surface area (Å²) in [5.74, 6) is -0.526. The molecule has 0 bridgehead atoms. The first-order chi connectivity index (χ1) is 8.99. The van der Waals surface area contributed by atoms with E-state index in [2.05, 4.69) is 4.98 Å². The molecule has 0 amide bonds. The van der Waals surface area contributed by atoms with Crippen molar-refractivity contribution in [1.82, 2.24) is 4.98 Å². The summed E-state index contributed by atoms with van der Waals surface area (Å²) in [6.45, 7) is 0.683. The Morgan fingerprint density at radius 2 is 2.37 bits per heavy atom. The minimum Gasteiger partial charge on any atom is -0.481 e. The van der Waals surface area contributed by atoms with Crippen molar-refractivity contribution in [2.75, 3.05) is 17.2 Å². The van der Waals surface area contributed by atoms with Gasteiger partial charge in [0.15, 0.2) is 0 Å². The quantitative estimate of drug-likeness (QED) is 0.615. The molecule has 1 fully saturated rings. The molecule has 1 aromatic heterocycles. The fourth-order valence-electron chi connectivity index (χ4n) is 2.32. The second-order valence-electron chi connectivity index (χ2n) is 4.42. The molecular formula is C11H14N4O4. The molecule has 1 unspecified atom stereocenters. The van der Waals surface area contributed by atoms with Crippen LogP contribution < -0.4 is 10.6 Å². The predicted molar refractivity (Wildman–Crippen MR) is 67.9 cm³/mol. The van der Waals surface area contributed by atoms with Crippen molar-refractivity contribution in [2.45, 2.75) is 25.3 Å². The molecule has 1 aliphatic rings. The zero-order valence-corrected chi connectivity index (χ0v) is 10.2. The van der Waals surface area contributed by atoms with Gasteiger partial charge in [0.1, 0.15) is 5.82 Å². The van der Waals surface area contributed by atoms with Crippen LogP contribution in [0.3, 0.4) is 0 Å². The number of aromatic nitrogens is 1. The van der Waals surface area contributed by atoms with Gasteiger partial charge in [0, 0.05) is 18.7 Å². The molecule has 2 heterocycles. The van der Waals surface area contributed by atoms with Gasteiger partial charge >= 0.3 is 11.7 Å². The van der Waals surface area contributed by atoms with Gasteiger partial charge in [-0.1, -0.05) is 0 Å². The molecular weight excluding hydrogens is 252 g/mol. The Morgan fingerprint density at radius 3 is 2.95 bits per heavy atom. The summed E-state index contributed by atoms with van der Waals surface area (Å²) in [6.07, 6.45) is 1.67. The number of nitro groups is 1. The van der Waals surface area contributed by atoms with E-state index in [-0.39, 0.29) is 24.0 Å². The number of hydrogen-bond donors (Lipinski definition) is 2. The average Bonchev–Trinajstić information content (AvgIpc) is 2.75. The summed E-state index contributed by atoms with van der Waals surface area (Å²) < 4.78 is 0. The fraction of sp³-hybridized carbons (Fsp3) is 0.455. The Morgan fingerprint density at radius 1 is 1.63 bits per heavy atom. The average molecular weight is 266 g/mol. The first-order valence-electron chi connectivity index (χ1n) is 5.88. The number of carbonyl (C=O) groups is 1. The van der Waals surface area contributed by atoms with Crippen molar-refractivity contribution in [3.05, 3.63) is 22.2 Å². The lowest BCUT2D eigenvalue weighted by molar-refractivity contribution is -0.384. The molecule has 0 saturated carbocycles. The number of carboxylic acid groups (broad SMARTS) is 1. The van der Waals surface area contributed by atoms with Gasteiger partial charge in [0.05, 0.1) is 11.3 Å². The smallest absolute Gasteiger partial charge is 0.311 e. The third-order valence-electron chi connectivity index (χ3n) is 3.17. The maximum atomic E-state index is 10.8. The highest BCUT2D eigenvalue weighted by Crippen LogP contribution is 2.29. The van der Waals surface area contributed by atoms with Crippen LogP contribution in [0.15, 0.2) is 12.1 Å². The highest BCUT2D eigenvalue weighted by Gasteiger charge is 2.28. The van der Waals surface area contributed by atoms with E-state index in [9.17, 15) is 14.9 Å². The number of aliphatic carboxylic acids is 1. The van der Waals surface area contributed by atoms with Crippen LogP contribution in [0.2, 0.25) is 0 Å². The normalized spacial score (nSPS) is 18.5. The minimum absolute atomic E-state index is 0.0264. The molecule has 1 atom stereocenters. The van der Waals surface area contributed by atoms with Gasteiger partial charge in [-0.25, -0.2) is 4.98 Å². The molecule has 1 aromatic rings. The highest BCUT2D eigenvalue weighted by atomic mass is 16.6. The van der Waals surface area contributed by atoms with Gasteiger partial charge in [-0.3, -0.25) is 14.9 Å². The molecule has 0 radical (unpaired) electrons. The van der Waals surface area contributed by atoms with E-state index < -0.39 is 10.9 Å². The highest BCUT2D eigenvalue weighted by molar-refractivity contribution is 5.69. The summed E-state index contributed by atoms with van der Waals surface area (Å²) in [5.41, 5.74) is 5.30. The van der Waals surface area contributed by atoms with E-state index in [0.717, 1.165) is 12.8 Å². The van der Waals surface area contributed by atoms with E-state index in [4.69, 9.17) is 10.8 Å². The lowest BCUT2D eigenvalue weighted by Gasteiger charge is -2.24. The first kappa shape index (κ1) is 13.1. The Labute approximate surface area is 109 Å². The van der Waals surface area contributed by atoms with Gasteiger partial charge < -0.3 is 15.7 Å².